The Morgan fingerprint density at radius 3 is 1.89 bits per heavy atom. The van der Waals surface area contributed by atoms with Gasteiger partial charge in [-0.15, -0.1) is 0 Å². The van der Waals surface area contributed by atoms with Gasteiger partial charge in [-0.2, -0.15) is 0 Å². The molecule has 23 nitrogen and oxygen atoms in total. The second kappa shape index (κ2) is 38.6. The monoisotopic (exact) mass is 1220 g/mol. The van der Waals surface area contributed by atoms with Crippen molar-refractivity contribution in [1.82, 2.24) is 36.4 Å². The number of nitrogens with zero attached hydrogens (tertiary/aromatic N) is 2. The van der Waals surface area contributed by atoms with Gasteiger partial charge in [0.2, 0.25) is 23.6 Å². The van der Waals surface area contributed by atoms with Gasteiger partial charge in [0.25, 0.3) is 11.8 Å². The maximum absolute atomic E-state index is 14.3. The van der Waals surface area contributed by atoms with Gasteiger partial charge < -0.3 is 64.8 Å². The van der Waals surface area contributed by atoms with E-state index in [9.17, 15) is 47.9 Å². The predicted molar refractivity (Wildman–Crippen MR) is 326 cm³/mol. The summed E-state index contributed by atoms with van der Waals surface area (Å²) >= 11 is 0. The summed E-state index contributed by atoms with van der Waals surface area (Å²) < 4.78 is 34.8. The first-order valence-corrected chi connectivity index (χ1v) is 30.0. The smallest absolute Gasteiger partial charge is 0.407 e. The zero-order valence-corrected chi connectivity index (χ0v) is 53.2. The van der Waals surface area contributed by atoms with Crippen molar-refractivity contribution in [3.63, 3.8) is 0 Å². The van der Waals surface area contributed by atoms with Gasteiger partial charge in [-0.1, -0.05) is 95.7 Å². The highest BCUT2D eigenvalue weighted by molar-refractivity contribution is 5.98. The lowest BCUT2D eigenvalue weighted by molar-refractivity contribution is -0.155. The number of cyclic esters (lactones) is 2. The fourth-order valence-corrected chi connectivity index (χ4v) is 9.11. The Labute approximate surface area is 513 Å². The van der Waals surface area contributed by atoms with Crippen molar-refractivity contribution in [2.24, 2.45) is 17.8 Å². The lowest BCUT2D eigenvalue weighted by atomic mass is 9.90. The summed E-state index contributed by atoms with van der Waals surface area (Å²) in [6.07, 6.45) is 0.488. The van der Waals surface area contributed by atoms with Crippen LogP contribution < -0.4 is 26.6 Å². The molecule has 0 fully saturated rings. The number of allylic oxidation sites excluding steroid dienone is 1. The maximum atomic E-state index is 14.3. The van der Waals surface area contributed by atoms with Gasteiger partial charge in [0, 0.05) is 75.9 Å². The molecule has 0 aliphatic carbocycles. The summed E-state index contributed by atoms with van der Waals surface area (Å²) in [6, 6.07) is 10.7. The number of esters is 2. The topological polar surface area (TPSA) is 293 Å². The lowest BCUT2D eigenvalue weighted by Gasteiger charge is -2.33. The van der Waals surface area contributed by atoms with Crippen molar-refractivity contribution in [2.45, 2.75) is 157 Å². The van der Waals surface area contributed by atoms with E-state index in [4.69, 9.17) is 28.4 Å². The average Bonchev–Trinajstić information content (AvgIpc) is 3.61. The highest BCUT2D eigenvalue weighted by atomic mass is 16.6. The number of benzene rings is 2. The van der Waals surface area contributed by atoms with Crippen LogP contribution in [0.2, 0.25) is 0 Å². The first kappa shape index (κ1) is 73.8. The van der Waals surface area contributed by atoms with Gasteiger partial charge in [-0.25, -0.2) is 14.4 Å². The van der Waals surface area contributed by atoms with Crippen LogP contribution in [-0.2, 0) is 68.4 Å². The molecule has 0 radical (unpaired) electrons. The van der Waals surface area contributed by atoms with E-state index in [0.29, 0.717) is 74.5 Å². The lowest BCUT2D eigenvalue weighted by Crippen LogP contribution is -2.57. The fourth-order valence-electron chi connectivity index (χ4n) is 9.11. The van der Waals surface area contributed by atoms with E-state index in [1.165, 1.54) is 52.8 Å². The van der Waals surface area contributed by atoms with Gasteiger partial charge in [0.15, 0.2) is 11.9 Å². The summed E-state index contributed by atoms with van der Waals surface area (Å²) in [5.74, 6) is -6.71. The number of alkyl carbamates (subject to hydrolysis) is 1. The van der Waals surface area contributed by atoms with E-state index >= 15 is 0 Å². The number of Topliss-reactive ketones (excluding diaryl/α,β-unsaturated/α-hetero) is 1. The molecule has 7 amide bonds. The molecule has 0 spiro atoms. The van der Waals surface area contributed by atoms with Crippen molar-refractivity contribution in [2.75, 3.05) is 73.4 Å². The standard InChI is InChI=1S/C64H95N7O16/c1-14-41(5)55-59(76)68-46(10)63(80)87-56(42(6)15-2)44(8)52(86-64(81)66-30-20-32-83-34-36-84-35-33-82-31-19-29-65-57(74)50-26-24-49(25-27-50)47(11)72)28-23-43(7)62(79)85-53(37-40(3)4)58(75)67-45(9)60(77)71(13)51(38-48-21-17-16-18-22-48)61(78)70(12)39-54(73)69-55/h15-18,21-27,40-41,44-46,51-53,55-56H,14,19-20,28-39H2,1-13H3,(H,65,74)(H,66,81)(H,67,75)(H,68,76)(H,69,73)/b42-15+,43-23+/t41-,44+,45+,46-,51-,52+,53?,55+,56-/m1/s1. The molecule has 87 heavy (non-hydrogen) atoms. The molecule has 482 valence electrons. The number of ether oxygens (including phenoxy) is 6. The number of likely N-dealkylation sites (N-methyl/N-ethyl adjacent to an activating group) is 2. The molecule has 1 heterocycles. The predicted octanol–water partition coefficient (Wildman–Crippen LogP) is 5.43. The number of rotatable bonds is 24. The van der Waals surface area contributed by atoms with Gasteiger partial charge in [0.05, 0.1) is 33.0 Å². The Balaban J connectivity index is 1.77. The largest absolute Gasteiger partial charge is 0.456 e. The quantitative estimate of drug-likeness (QED) is 0.0288. The van der Waals surface area contributed by atoms with Crippen LogP contribution in [0.3, 0.4) is 0 Å². The molecule has 0 saturated heterocycles. The number of hydrogen-bond donors (Lipinski definition) is 5. The van der Waals surface area contributed by atoms with Gasteiger partial charge >= 0.3 is 18.0 Å². The zero-order valence-electron chi connectivity index (χ0n) is 53.2. The van der Waals surface area contributed by atoms with Crippen molar-refractivity contribution >= 4 is 59.3 Å². The van der Waals surface area contributed by atoms with Crippen LogP contribution in [0.25, 0.3) is 0 Å². The van der Waals surface area contributed by atoms with E-state index in [0.717, 1.165) is 4.90 Å². The third kappa shape index (κ3) is 25.8. The number of hydrogen-bond acceptors (Lipinski definition) is 16. The van der Waals surface area contributed by atoms with Crippen LogP contribution in [0, 0.1) is 17.8 Å². The highest BCUT2D eigenvalue weighted by Gasteiger charge is 2.38. The van der Waals surface area contributed by atoms with Crippen molar-refractivity contribution in [3.05, 3.63) is 94.6 Å². The van der Waals surface area contributed by atoms with Crippen LogP contribution in [0.1, 0.15) is 135 Å². The zero-order chi connectivity index (χ0) is 64.8. The summed E-state index contributed by atoms with van der Waals surface area (Å²) in [6.45, 7) is 20.3. The van der Waals surface area contributed by atoms with Gasteiger partial charge in [-0.3, -0.25) is 33.6 Å². The third-order valence-electron chi connectivity index (χ3n) is 14.8. The summed E-state index contributed by atoms with van der Waals surface area (Å²) in [5, 5.41) is 13.7. The molecule has 0 aromatic heterocycles. The van der Waals surface area contributed by atoms with Crippen LogP contribution in [0.15, 0.2) is 77.9 Å². The molecular weight excluding hydrogens is 1120 g/mol. The second-order valence-electron chi connectivity index (χ2n) is 22.4. The molecule has 2 aromatic rings. The molecule has 1 aliphatic heterocycles. The minimum Gasteiger partial charge on any atom is -0.456 e. The molecule has 1 unspecified atom stereocenters. The Morgan fingerprint density at radius 2 is 1.31 bits per heavy atom. The average molecular weight is 1220 g/mol. The van der Waals surface area contributed by atoms with E-state index in [1.54, 1.807) is 88.4 Å². The number of amides is 7. The Hall–Kier alpha value is -7.50. The normalized spacial score (nSPS) is 23.1. The van der Waals surface area contributed by atoms with Crippen LogP contribution in [0.4, 0.5) is 4.79 Å². The van der Waals surface area contributed by atoms with Crippen LogP contribution >= 0.6 is 0 Å². The minimum absolute atomic E-state index is 0.0496. The summed E-state index contributed by atoms with van der Waals surface area (Å²) in [4.78, 5) is 138. The summed E-state index contributed by atoms with van der Waals surface area (Å²) in [7, 11) is 2.82. The van der Waals surface area contributed by atoms with E-state index < -0.39 is 108 Å². The molecule has 3 rings (SSSR count). The first-order chi connectivity index (χ1) is 41.3. The Kier molecular flexibility index (Phi) is 32.7. The van der Waals surface area contributed by atoms with E-state index in [1.807, 2.05) is 20.8 Å². The molecule has 0 bridgehead atoms. The van der Waals surface area contributed by atoms with Crippen LogP contribution in [-0.4, -0.2) is 185 Å². The highest BCUT2D eigenvalue weighted by Crippen LogP contribution is 2.26. The number of nitrogens with one attached hydrogen (secondary N) is 5. The van der Waals surface area contributed by atoms with Gasteiger partial charge in [0.1, 0.15) is 36.4 Å². The summed E-state index contributed by atoms with van der Waals surface area (Å²) in [5.41, 5.74) is 2.36. The molecule has 23 heteroatoms. The minimum atomic E-state index is -1.35. The number of carbonyl (C=O) groups is 10. The fraction of sp³-hybridized carbons (Fsp3) is 0.594. The molecule has 1 aliphatic rings. The Morgan fingerprint density at radius 1 is 0.736 bits per heavy atom. The molecular formula is C64H95N7O16. The van der Waals surface area contributed by atoms with E-state index in [2.05, 4.69) is 26.6 Å². The van der Waals surface area contributed by atoms with Crippen molar-refractivity contribution in [1.29, 1.82) is 0 Å². The van der Waals surface area contributed by atoms with Crippen molar-refractivity contribution in [3.8, 4) is 0 Å². The van der Waals surface area contributed by atoms with E-state index in [-0.39, 0.29) is 62.2 Å². The van der Waals surface area contributed by atoms with Crippen LogP contribution in [0.5, 0.6) is 0 Å². The van der Waals surface area contributed by atoms with Crippen molar-refractivity contribution < 1.29 is 76.4 Å². The maximum Gasteiger partial charge on any atom is 0.407 e. The molecule has 0 saturated carbocycles. The number of carbonyl (C=O) groups excluding carboxylic acids is 10. The molecule has 9 atom stereocenters. The molecule has 5 N–H and O–H groups in total. The first-order valence-electron chi connectivity index (χ1n) is 30.0. The third-order valence-corrected chi connectivity index (χ3v) is 14.8. The Bertz CT molecular complexity index is 2650. The SMILES string of the molecule is C/C=C(\C)[C@H]1OC(=O)[C@@H](C)NC(=O)[C@H]([C@H](C)CC)NC(=O)CN(C)C(=O)[C@@H](Cc2ccccc2)N(C)C(=O)[C@H](C)NC(=O)C(CC(C)C)OC(=O)/C(C)=C/C[C@H](OC(=O)NCCCOCCOCCOCCCNC(=O)c2ccc(C(C)=O)cc2)[C@@H]1C. The van der Waals surface area contributed by atoms with Gasteiger partial charge in [-0.05, 0) is 95.9 Å². The second-order valence-corrected chi connectivity index (χ2v) is 22.4. The number of ketones is 1. The molecule has 2 aromatic carbocycles.